The highest BCUT2D eigenvalue weighted by Gasteiger charge is 2.26. The van der Waals surface area contributed by atoms with Gasteiger partial charge in [0.1, 0.15) is 11.9 Å². The van der Waals surface area contributed by atoms with Crippen LogP contribution in [0.1, 0.15) is 18.5 Å². The molecule has 15 heavy (non-hydrogen) atoms. The Morgan fingerprint density at radius 1 is 1.33 bits per heavy atom. The Morgan fingerprint density at radius 3 is 2.60 bits per heavy atom. The SMILES string of the molecule is C[C@@H]1CN[C@H](c2ccc(F)cc2)C(=O)N1. The molecule has 0 aliphatic carbocycles. The molecule has 2 rings (SSSR count). The lowest BCUT2D eigenvalue weighted by Gasteiger charge is -2.28. The van der Waals surface area contributed by atoms with Gasteiger partial charge < -0.3 is 10.6 Å². The van der Waals surface area contributed by atoms with Crippen molar-refractivity contribution in [3.05, 3.63) is 35.6 Å². The second-order valence-corrected chi connectivity index (χ2v) is 3.80. The standard InChI is InChI=1S/C11H13FN2O/c1-7-6-13-10(11(15)14-7)8-2-4-9(12)5-3-8/h2-5,7,10,13H,6H2,1H3,(H,14,15)/t7-,10-/m1/s1. The highest BCUT2D eigenvalue weighted by molar-refractivity contribution is 5.84. The molecule has 0 radical (unpaired) electrons. The summed E-state index contributed by atoms with van der Waals surface area (Å²) in [6.07, 6.45) is 0. The first-order chi connectivity index (χ1) is 7.16. The topological polar surface area (TPSA) is 41.1 Å². The number of amides is 1. The molecule has 1 aromatic rings. The van der Waals surface area contributed by atoms with Crippen LogP contribution in [-0.2, 0) is 4.79 Å². The average molecular weight is 208 g/mol. The number of piperazine rings is 1. The molecule has 3 nitrogen and oxygen atoms in total. The van der Waals surface area contributed by atoms with Crippen LogP contribution in [0, 0.1) is 5.82 Å². The molecule has 0 saturated carbocycles. The van der Waals surface area contributed by atoms with Gasteiger partial charge in [-0.3, -0.25) is 4.79 Å². The molecule has 0 spiro atoms. The fraction of sp³-hybridized carbons (Fsp3) is 0.364. The molecule has 1 aromatic carbocycles. The first-order valence-corrected chi connectivity index (χ1v) is 4.96. The monoisotopic (exact) mass is 208 g/mol. The molecule has 1 saturated heterocycles. The normalized spacial score (nSPS) is 26.1. The fourth-order valence-corrected chi connectivity index (χ4v) is 1.69. The molecule has 0 aromatic heterocycles. The Morgan fingerprint density at radius 2 is 2.00 bits per heavy atom. The predicted octanol–water partition coefficient (Wildman–Crippen LogP) is 0.975. The number of benzene rings is 1. The van der Waals surface area contributed by atoms with E-state index < -0.39 is 0 Å². The minimum Gasteiger partial charge on any atom is -0.351 e. The maximum atomic E-state index is 12.7. The van der Waals surface area contributed by atoms with Gasteiger partial charge >= 0.3 is 0 Å². The van der Waals surface area contributed by atoms with Gasteiger partial charge in [0, 0.05) is 12.6 Å². The van der Waals surface area contributed by atoms with E-state index in [-0.39, 0.29) is 23.8 Å². The van der Waals surface area contributed by atoms with Crippen molar-refractivity contribution >= 4 is 5.91 Å². The highest BCUT2D eigenvalue weighted by Crippen LogP contribution is 2.16. The van der Waals surface area contributed by atoms with Crippen molar-refractivity contribution in [1.82, 2.24) is 10.6 Å². The van der Waals surface area contributed by atoms with Gasteiger partial charge in [0.2, 0.25) is 5.91 Å². The van der Waals surface area contributed by atoms with Crippen molar-refractivity contribution in [2.24, 2.45) is 0 Å². The van der Waals surface area contributed by atoms with Gasteiger partial charge in [-0.25, -0.2) is 4.39 Å². The van der Waals surface area contributed by atoms with Crippen LogP contribution in [0.15, 0.2) is 24.3 Å². The number of halogens is 1. The lowest BCUT2D eigenvalue weighted by molar-refractivity contribution is -0.125. The van der Waals surface area contributed by atoms with E-state index in [0.717, 1.165) is 12.1 Å². The molecule has 0 unspecified atom stereocenters. The third-order valence-electron chi connectivity index (χ3n) is 2.48. The zero-order chi connectivity index (χ0) is 10.8. The van der Waals surface area contributed by atoms with Crippen LogP contribution in [0.4, 0.5) is 4.39 Å². The number of hydrogen-bond donors (Lipinski definition) is 2. The molecular formula is C11H13FN2O. The molecule has 1 aliphatic rings. The Bertz CT molecular complexity index is 363. The molecule has 1 amide bonds. The summed E-state index contributed by atoms with van der Waals surface area (Å²) in [6, 6.07) is 5.77. The summed E-state index contributed by atoms with van der Waals surface area (Å²) in [4.78, 5) is 11.6. The quantitative estimate of drug-likeness (QED) is 0.722. The van der Waals surface area contributed by atoms with Gasteiger partial charge in [0.25, 0.3) is 0 Å². The third-order valence-corrected chi connectivity index (χ3v) is 2.48. The Labute approximate surface area is 87.7 Å². The van der Waals surface area contributed by atoms with Crippen molar-refractivity contribution in [3.63, 3.8) is 0 Å². The minimum atomic E-state index is -0.359. The van der Waals surface area contributed by atoms with Gasteiger partial charge in [-0.1, -0.05) is 12.1 Å². The molecule has 80 valence electrons. The molecule has 2 atom stereocenters. The van der Waals surface area contributed by atoms with Gasteiger partial charge in [-0.2, -0.15) is 0 Å². The van der Waals surface area contributed by atoms with Crippen molar-refractivity contribution in [3.8, 4) is 0 Å². The molecule has 1 aliphatic heterocycles. The zero-order valence-corrected chi connectivity index (χ0v) is 8.46. The summed E-state index contributed by atoms with van der Waals surface area (Å²) in [5.74, 6) is -0.344. The van der Waals surface area contributed by atoms with Crippen LogP contribution in [0.25, 0.3) is 0 Å². The van der Waals surface area contributed by atoms with Crippen LogP contribution < -0.4 is 10.6 Å². The average Bonchev–Trinajstić information content (AvgIpc) is 2.20. The summed E-state index contributed by atoms with van der Waals surface area (Å²) in [7, 11) is 0. The second-order valence-electron chi connectivity index (χ2n) is 3.80. The van der Waals surface area contributed by atoms with Crippen LogP contribution in [0.5, 0.6) is 0 Å². The molecule has 1 fully saturated rings. The van der Waals surface area contributed by atoms with E-state index in [1.54, 1.807) is 12.1 Å². The van der Waals surface area contributed by atoms with Crippen molar-refractivity contribution in [2.45, 2.75) is 19.0 Å². The summed E-state index contributed by atoms with van der Waals surface area (Å²) in [6.45, 7) is 2.67. The lowest BCUT2D eigenvalue weighted by Crippen LogP contribution is -2.52. The number of rotatable bonds is 1. The van der Waals surface area contributed by atoms with E-state index in [2.05, 4.69) is 10.6 Å². The summed E-state index contributed by atoms with van der Waals surface area (Å²) in [5.41, 5.74) is 0.792. The first kappa shape index (κ1) is 10.1. The van der Waals surface area contributed by atoms with E-state index in [9.17, 15) is 9.18 Å². The van der Waals surface area contributed by atoms with Gasteiger partial charge in [0.05, 0.1) is 0 Å². The minimum absolute atomic E-state index is 0.0552. The molecule has 1 heterocycles. The number of carbonyl (C=O) groups excluding carboxylic acids is 1. The van der Waals surface area contributed by atoms with E-state index in [1.165, 1.54) is 12.1 Å². The fourth-order valence-electron chi connectivity index (χ4n) is 1.69. The van der Waals surface area contributed by atoms with Crippen LogP contribution in [0.2, 0.25) is 0 Å². The first-order valence-electron chi connectivity index (χ1n) is 4.96. The summed E-state index contributed by atoms with van der Waals surface area (Å²) in [5, 5.41) is 5.97. The summed E-state index contributed by atoms with van der Waals surface area (Å²) >= 11 is 0. The van der Waals surface area contributed by atoms with E-state index in [1.807, 2.05) is 6.92 Å². The largest absolute Gasteiger partial charge is 0.351 e. The van der Waals surface area contributed by atoms with Crippen molar-refractivity contribution in [2.75, 3.05) is 6.54 Å². The smallest absolute Gasteiger partial charge is 0.241 e. The Hall–Kier alpha value is -1.42. The Kier molecular flexibility index (Phi) is 2.68. The summed E-state index contributed by atoms with van der Waals surface area (Å²) < 4.78 is 12.7. The van der Waals surface area contributed by atoms with E-state index >= 15 is 0 Å². The maximum absolute atomic E-state index is 12.7. The predicted molar refractivity (Wildman–Crippen MR) is 54.7 cm³/mol. The third kappa shape index (κ3) is 2.15. The van der Waals surface area contributed by atoms with Crippen molar-refractivity contribution < 1.29 is 9.18 Å². The highest BCUT2D eigenvalue weighted by atomic mass is 19.1. The van der Waals surface area contributed by atoms with E-state index in [4.69, 9.17) is 0 Å². The zero-order valence-electron chi connectivity index (χ0n) is 8.46. The number of hydrogen-bond acceptors (Lipinski definition) is 2. The Balaban J connectivity index is 2.17. The van der Waals surface area contributed by atoms with Gasteiger partial charge in [-0.15, -0.1) is 0 Å². The van der Waals surface area contributed by atoms with E-state index in [0.29, 0.717) is 0 Å². The van der Waals surface area contributed by atoms with Crippen LogP contribution in [0.3, 0.4) is 0 Å². The molecule has 4 heteroatoms. The number of nitrogens with one attached hydrogen (secondary N) is 2. The van der Waals surface area contributed by atoms with Gasteiger partial charge in [0.15, 0.2) is 0 Å². The molecular weight excluding hydrogens is 195 g/mol. The molecule has 0 bridgehead atoms. The van der Waals surface area contributed by atoms with Crippen molar-refractivity contribution in [1.29, 1.82) is 0 Å². The molecule has 2 N–H and O–H groups in total. The van der Waals surface area contributed by atoms with Gasteiger partial charge in [-0.05, 0) is 24.6 Å². The van der Waals surface area contributed by atoms with Crippen LogP contribution >= 0.6 is 0 Å². The van der Waals surface area contributed by atoms with Crippen LogP contribution in [-0.4, -0.2) is 18.5 Å². The maximum Gasteiger partial charge on any atom is 0.241 e. The number of carbonyl (C=O) groups is 1. The second kappa shape index (κ2) is 3.98. The lowest BCUT2D eigenvalue weighted by atomic mass is 10.0.